The molecule has 0 aliphatic carbocycles. The van der Waals surface area contributed by atoms with E-state index in [-0.39, 0.29) is 5.56 Å². The van der Waals surface area contributed by atoms with Crippen LogP contribution in [0.1, 0.15) is 16.7 Å². The molecule has 0 spiro atoms. The molecule has 0 saturated carbocycles. The summed E-state index contributed by atoms with van der Waals surface area (Å²) in [4.78, 5) is 0. The van der Waals surface area contributed by atoms with Crippen LogP contribution in [0.25, 0.3) is 0 Å². The van der Waals surface area contributed by atoms with Crippen LogP contribution in [0.3, 0.4) is 0 Å². The Morgan fingerprint density at radius 2 is 1.93 bits per heavy atom. The SMILES string of the molecule is CNCc1ccc(C)c(C(F)(F)F)c1. The van der Waals surface area contributed by atoms with Crippen LogP contribution in [-0.4, -0.2) is 7.05 Å². The second kappa shape index (κ2) is 4.00. The highest BCUT2D eigenvalue weighted by atomic mass is 19.4. The lowest BCUT2D eigenvalue weighted by molar-refractivity contribution is -0.138. The van der Waals surface area contributed by atoms with E-state index in [0.717, 1.165) is 0 Å². The van der Waals surface area contributed by atoms with Gasteiger partial charge in [0.15, 0.2) is 0 Å². The normalized spacial score (nSPS) is 11.8. The molecule has 0 amide bonds. The maximum atomic E-state index is 12.4. The van der Waals surface area contributed by atoms with E-state index in [1.165, 1.54) is 19.1 Å². The average molecular weight is 203 g/mol. The minimum atomic E-state index is -4.26. The summed E-state index contributed by atoms with van der Waals surface area (Å²) in [6, 6.07) is 4.38. The fourth-order valence-corrected chi connectivity index (χ4v) is 1.29. The Morgan fingerprint density at radius 3 is 2.43 bits per heavy atom. The van der Waals surface area contributed by atoms with Crippen LogP contribution < -0.4 is 5.32 Å². The molecule has 14 heavy (non-hydrogen) atoms. The summed E-state index contributed by atoms with van der Waals surface area (Å²) in [7, 11) is 1.70. The van der Waals surface area contributed by atoms with Crippen LogP contribution in [0.2, 0.25) is 0 Å². The zero-order valence-electron chi connectivity index (χ0n) is 8.07. The molecule has 0 aliphatic heterocycles. The third kappa shape index (κ3) is 2.48. The van der Waals surface area contributed by atoms with Gasteiger partial charge in [0.1, 0.15) is 0 Å². The Balaban J connectivity index is 3.09. The van der Waals surface area contributed by atoms with E-state index in [4.69, 9.17) is 0 Å². The van der Waals surface area contributed by atoms with Crippen molar-refractivity contribution in [2.24, 2.45) is 0 Å². The topological polar surface area (TPSA) is 12.0 Å². The first-order valence-electron chi connectivity index (χ1n) is 4.26. The summed E-state index contributed by atoms with van der Waals surface area (Å²) in [6.45, 7) is 1.91. The van der Waals surface area contributed by atoms with Gasteiger partial charge in [-0.1, -0.05) is 12.1 Å². The van der Waals surface area contributed by atoms with Gasteiger partial charge in [0.25, 0.3) is 0 Å². The molecule has 0 unspecified atom stereocenters. The van der Waals surface area contributed by atoms with Crippen molar-refractivity contribution in [2.75, 3.05) is 7.05 Å². The van der Waals surface area contributed by atoms with Crippen molar-refractivity contribution in [1.82, 2.24) is 5.32 Å². The molecular formula is C10H12F3N. The van der Waals surface area contributed by atoms with Crippen molar-refractivity contribution in [3.05, 3.63) is 34.9 Å². The van der Waals surface area contributed by atoms with Crippen molar-refractivity contribution in [1.29, 1.82) is 0 Å². The van der Waals surface area contributed by atoms with Gasteiger partial charge in [-0.2, -0.15) is 13.2 Å². The average Bonchev–Trinajstić information content (AvgIpc) is 2.07. The van der Waals surface area contributed by atoms with Crippen LogP contribution in [0.4, 0.5) is 13.2 Å². The molecule has 0 heterocycles. The van der Waals surface area contributed by atoms with Gasteiger partial charge in [0.05, 0.1) is 5.56 Å². The standard InChI is InChI=1S/C10H12F3N/c1-7-3-4-8(6-14-2)5-9(7)10(11,12)13/h3-5,14H,6H2,1-2H3. The largest absolute Gasteiger partial charge is 0.416 e. The second-order valence-corrected chi connectivity index (χ2v) is 3.18. The highest BCUT2D eigenvalue weighted by molar-refractivity contribution is 5.33. The van der Waals surface area contributed by atoms with Gasteiger partial charge in [-0.3, -0.25) is 0 Å². The Hall–Kier alpha value is -1.03. The molecule has 78 valence electrons. The number of alkyl halides is 3. The second-order valence-electron chi connectivity index (χ2n) is 3.18. The minimum absolute atomic E-state index is 0.261. The molecule has 0 radical (unpaired) electrons. The zero-order valence-corrected chi connectivity index (χ0v) is 8.07. The van der Waals surface area contributed by atoms with Gasteiger partial charge in [-0.15, -0.1) is 0 Å². The van der Waals surface area contributed by atoms with Crippen LogP contribution in [0, 0.1) is 6.92 Å². The summed E-state index contributed by atoms with van der Waals surface area (Å²) in [5.74, 6) is 0. The molecule has 0 fully saturated rings. The molecule has 0 aromatic heterocycles. The Morgan fingerprint density at radius 1 is 1.29 bits per heavy atom. The minimum Gasteiger partial charge on any atom is -0.316 e. The maximum Gasteiger partial charge on any atom is 0.416 e. The predicted octanol–water partition coefficient (Wildman–Crippen LogP) is 2.73. The summed E-state index contributed by atoms with van der Waals surface area (Å²) >= 11 is 0. The highest BCUT2D eigenvalue weighted by Crippen LogP contribution is 2.32. The molecule has 0 bridgehead atoms. The number of nitrogens with one attached hydrogen (secondary N) is 1. The van der Waals surface area contributed by atoms with Crippen LogP contribution in [0.5, 0.6) is 0 Å². The van der Waals surface area contributed by atoms with Crippen LogP contribution >= 0.6 is 0 Å². The van der Waals surface area contributed by atoms with Gasteiger partial charge in [-0.05, 0) is 31.2 Å². The van der Waals surface area contributed by atoms with Gasteiger partial charge in [-0.25, -0.2) is 0 Å². The number of hydrogen-bond donors (Lipinski definition) is 1. The number of halogens is 3. The van der Waals surface area contributed by atoms with Crippen molar-refractivity contribution in [3.8, 4) is 0 Å². The van der Waals surface area contributed by atoms with Crippen LogP contribution in [-0.2, 0) is 12.7 Å². The first-order chi connectivity index (χ1) is 6.45. The first-order valence-corrected chi connectivity index (χ1v) is 4.26. The van der Waals surface area contributed by atoms with Gasteiger partial charge in [0, 0.05) is 6.54 Å². The monoisotopic (exact) mass is 203 g/mol. The molecule has 4 heteroatoms. The zero-order chi connectivity index (χ0) is 10.8. The maximum absolute atomic E-state index is 12.4. The van der Waals surface area contributed by atoms with Gasteiger partial charge >= 0.3 is 6.18 Å². The van der Waals surface area contributed by atoms with Crippen molar-refractivity contribution < 1.29 is 13.2 Å². The van der Waals surface area contributed by atoms with E-state index in [2.05, 4.69) is 5.32 Å². The summed E-state index contributed by atoms with van der Waals surface area (Å²) in [5.41, 5.74) is 0.355. The summed E-state index contributed by atoms with van der Waals surface area (Å²) in [5, 5.41) is 2.81. The number of benzene rings is 1. The molecule has 0 atom stereocenters. The number of aryl methyl sites for hydroxylation is 1. The molecule has 1 nitrogen and oxygen atoms in total. The van der Waals surface area contributed by atoms with Gasteiger partial charge < -0.3 is 5.32 Å². The Labute approximate surface area is 80.9 Å². The fraction of sp³-hybridized carbons (Fsp3) is 0.400. The molecule has 1 aromatic rings. The van der Waals surface area contributed by atoms with Crippen molar-refractivity contribution >= 4 is 0 Å². The molecule has 0 aliphatic rings. The molecular weight excluding hydrogens is 191 g/mol. The molecule has 1 rings (SSSR count). The lowest BCUT2D eigenvalue weighted by Crippen LogP contribution is -2.10. The lowest BCUT2D eigenvalue weighted by Gasteiger charge is -2.11. The van der Waals surface area contributed by atoms with E-state index in [1.807, 2.05) is 0 Å². The third-order valence-corrected chi connectivity index (χ3v) is 1.99. The fourth-order valence-electron chi connectivity index (χ4n) is 1.29. The van der Waals surface area contributed by atoms with E-state index >= 15 is 0 Å². The molecule has 0 saturated heterocycles. The molecule has 1 N–H and O–H groups in total. The summed E-state index contributed by atoms with van der Waals surface area (Å²) in [6.07, 6.45) is -4.26. The first kappa shape index (κ1) is 11.0. The van der Waals surface area contributed by atoms with Gasteiger partial charge in [0.2, 0.25) is 0 Å². The molecule has 1 aromatic carbocycles. The predicted molar refractivity (Wildman–Crippen MR) is 48.9 cm³/mol. The van der Waals surface area contributed by atoms with Crippen molar-refractivity contribution in [3.63, 3.8) is 0 Å². The Kier molecular flexibility index (Phi) is 3.16. The lowest BCUT2D eigenvalue weighted by atomic mass is 10.0. The third-order valence-electron chi connectivity index (χ3n) is 1.99. The van der Waals surface area contributed by atoms with Crippen LogP contribution in [0.15, 0.2) is 18.2 Å². The smallest absolute Gasteiger partial charge is 0.316 e. The van der Waals surface area contributed by atoms with E-state index in [9.17, 15) is 13.2 Å². The Bertz CT molecular complexity index is 318. The van der Waals surface area contributed by atoms with E-state index < -0.39 is 11.7 Å². The van der Waals surface area contributed by atoms with E-state index in [1.54, 1.807) is 13.1 Å². The quantitative estimate of drug-likeness (QED) is 0.779. The number of rotatable bonds is 2. The van der Waals surface area contributed by atoms with Crippen molar-refractivity contribution in [2.45, 2.75) is 19.6 Å². The highest BCUT2D eigenvalue weighted by Gasteiger charge is 2.32. The number of hydrogen-bond acceptors (Lipinski definition) is 1. The van der Waals surface area contributed by atoms with E-state index in [0.29, 0.717) is 12.1 Å². The summed E-state index contributed by atoms with van der Waals surface area (Å²) < 4.78 is 37.3.